The molecule has 0 saturated carbocycles. The summed E-state index contributed by atoms with van der Waals surface area (Å²) in [5.74, 6) is -1.16. The second-order valence-corrected chi connectivity index (χ2v) is 5.43. The van der Waals surface area contributed by atoms with Crippen LogP contribution in [0.2, 0.25) is 0 Å². The molecule has 1 heterocycles. The van der Waals surface area contributed by atoms with Crippen molar-refractivity contribution < 1.29 is 19.4 Å². The summed E-state index contributed by atoms with van der Waals surface area (Å²) >= 11 is 0. The molecular weight excluding hydrogens is 260 g/mol. The Morgan fingerprint density at radius 3 is 2.70 bits per heavy atom. The van der Waals surface area contributed by atoms with Crippen LogP contribution in [0.5, 0.6) is 0 Å². The molecule has 116 valence electrons. The Hall–Kier alpha value is -1.14. The van der Waals surface area contributed by atoms with Gasteiger partial charge in [-0.2, -0.15) is 0 Å². The Labute approximate surface area is 120 Å². The number of nitrogens with two attached hydrogens (primary N) is 1. The number of rotatable bonds is 9. The summed E-state index contributed by atoms with van der Waals surface area (Å²) < 4.78 is 5.12. The second kappa shape index (κ2) is 8.92. The zero-order valence-corrected chi connectivity index (χ0v) is 12.1. The molecule has 4 N–H and O–H groups in total. The van der Waals surface area contributed by atoms with Gasteiger partial charge < -0.3 is 20.9 Å². The zero-order chi connectivity index (χ0) is 15.0. The van der Waals surface area contributed by atoms with Crippen molar-refractivity contribution >= 4 is 11.9 Å². The van der Waals surface area contributed by atoms with Crippen molar-refractivity contribution in [3.63, 3.8) is 0 Å². The van der Waals surface area contributed by atoms with Gasteiger partial charge >= 0.3 is 5.97 Å². The molecule has 1 aliphatic heterocycles. The van der Waals surface area contributed by atoms with E-state index in [-0.39, 0.29) is 19.1 Å². The van der Waals surface area contributed by atoms with Gasteiger partial charge in [-0.3, -0.25) is 9.59 Å². The van der Waals surface area contributed by atoms with Gasteiger partial charge in [0.2, 0.25) is 5.91 Å². The summed E-state index contributed by atoms with van der Waals surface area (Å²) in [4.78, 5) is 22.9. The van der Waals surface area contributed by atoms with Crippen LogP contribution >= 0.6 is 0 Å². The zero-order valence-electron chi connectivity index (χ0n) is 12.1. The fourth-order valence-electron chi connectivity index (χ4n) is 2.63. The highest BCUT2D eigenvalue weighted by atomic mass is 16.5. The molecule has 3 atom stereocenters. The number of ether oxygens (including phenoxy) is 1. The predicted octanol–water partition coefficient (Wildman–Crippen LogP) is 0.748. The number of carboxylic acid groups (broad SMARTS) is 1. The fourth-order valence-corrected chi connectivity index (χ4v) is 2.63. The van der Waals surface area contributed by atoms with Gasteiger partial charge in [0.1, 0.15) is 5.92 Å². The molecule has 0 aliphatic carbocycles. The Morgan fingerprint density at radius 1 is 1.35 bits per heavy atom. The highest BCUT2D eigenvalue weighted by molar-refractivity contribution is 5.78. The summed E-state index contributed by atoms with van der Waals surface area (Å²) in [6, 6.07) is -0.404. The predicted molar refractivity (Wildman–Crippen MR) is 75.2 cm³/mol. The third-order valence-corrected chi connectivity index (χ3v) is 3.80. The first-order valence-corrected chi connectivity index (χ1v) is 7.38. The Morgan fingerprint density at radius 2 is 2.10 bits per heavy atom. The maximum atomic E-state index is 11.9. The molecule has 1 aliphatic rings. The van der Waals surface area contributed by atoms with Crippen molar-refractivity contribution in [2.45, 2.75) is 45.1 Å². The van der Waals surface area contributed by atoms with Crippen LogP contribution in [0.15, 0.2) is 0 Å². The van der Waals surface area contributed by atoms with Gasteiger partial charge in [-0.15, -0.1) is 0 Å². The molecule has 0 radical (unpaired) electrons. The number of amides is 1. The minimum Gasteiger partial charge on any atom is -0.481 e. The van der Waals surface area contributed by atoms with E-state index in [2.05, 4.69) is 12.2 Å². The molecule has 0 aromatic carbocycles. The molecule has 0 aromatic rings. The molecule has 1 fully saturated rings. The van der Waals surface area contributed by atoms with Crippen molar-refractivity contribution in [2.24, 2.45) is 17.6 Å². The van der Waals surface area contributed by atoms with Crippen molar-refractivity contribution in [2.75, 3.05) is 19.8 Å². The summed E-state index contributed by atoms with van der Waals surface area (Å²) in [7, 11) is 0. The molecule has 0 spiro atoms. The van der Waals surface area contributed by atoms with Gasteiger partial charge in [0.15, 0.2) is 0 Å². The van der Waals surface area contributed by atoms with E-state index in [1.807, 2.05) is 0 Å². The molecule has 6 nitrogen and oxygen atoms in total. The molecule has 0 aromatic heterocycles. The van der Waals surface area contributed by atoms with E-state index in [1.165, 1.54) is 0 Å². The largest absolute Gasteiger partial charge is 0.481 e. The first kappa shape index (κ1) is 16.9. The van der Waals surface area contributed by atoms with Crippen LogP contribution in [-0.4, -0.2) is 42.8 Å². The van der Waals surface area contributed by atoms with Gasteiger partial charge in [0, 0.05) is 6.42 Å². The van der Waals surface area contributed by atoms with Crippen molar-refractivity contribution in [3.05, 3.63) is 0 Å². The molecule has 6 heteroatoms. The van der Waals surface area contributed by atoms with Gasteiger partial charge in [-0.05, 0) is 25.3 Å². The van der Waals surface area contributed by atoms with E-state index >= 15 is 0 Å². The van der Waals surface area contributed by atoms with Gasteiger partial charge in [-0.1, -0.05) is 19.8 Å². The van der Waals surface area contributed by atoms with Crippen LogP contribution in [0.3, 0.4) is 0 Å². The molecular formula is C14H26N2O4. The van der Waals surface area contributed by atoms with Crippen LogP contribution in [0.25, 0.3) is 0 Å². The molecule has 1 saturated heterocycles. The maximum Gasteiger partial charge on any atom is 0.311 e. The fraction of sp³-hybridized carbons (Fsp3) is 0.857. The number of carboxylic acids is 1. The van der Waals surface area contributed by atoms with Crippen molar-refractivity contribution in [3.8, 4) is 0 Å². The van der Waals surface area contributed by atoms with Crippen LogP contribution in [0.4, 0.5) is 0 Å². The maximum absolute atomic E-state index is 11.9. The summed E-state index contributed by atoms with van der Waals surface area (Å²) in [6.45, 7) is 3.22. The average Bonchev–Trinajstić information content (AvgIpc) is 2.84. The van der Waals surface area contributed by atoms with Crippen molar-refractivity contribution in [1.29, 1.82) is 0 Å². The number of carbonyl (C=O) groups excluding carboxylic acids is 1. The monoisotopic (exact) mass is 286 g/mol. The lowest BCUT2D eigenvalue weighted by molar-refractivity contribution is -0.142. The van der Waals surface area contributed by atoms with Crippen LogP contribution in [0, 0.1) is 11.8 Å². The quantitative estimate of drug-likeness (QED) is 0.580. The van der Waals surface area contributed by atoms with Crippen LogP contribution in [0.1, 0.15) is 39.0 Å². The van der Waals surface area contributed by atoms with Gasteiger partial charge in [0.25, 0.3) is 0 Å². The van der Waals surface area contributed by atoms with Crippen LogP contribution in [-0.2, 0) is 14.3 Å². The van der Waals surface area contributed by atoms with Crippen LogP contribution < -0.4 is 11.1 Å². The van der Waals surface area contributed by atoms with E-state index in [9.17, 15) is 9.59 Å². The Kier molecular flexibility index (Phi) is 7.54. The highest BCUT2D eigenvalue weighted by Gasteiger charge is 2.34. The molecule has 1 rings (SSSR count). The van der Waals surface area contributed by atoms with E-state index < -0.39 is 17.9 Å². The SMILES string of the molecule is CCCC(CCN)CCC(=O)NC1COCC1C(=O)O. The number of aliphatic carboxylic acids is 1. The lowest BCUT2D eigenvalue weighted by Gasteiger charge is -2.18. The lowest BCUT2D eigenvalue weighted by Crippen LogP contribution is -2.42. The van der Waals surface area contributed by atoms with E-state index in [4.69, 9.17) is 15.6 Å². The molecule has 1 amide bonds. The van der Waals surface area contributed by atoms with E-state index in [0.717, 1.165) is 25.7 Å². The minimum atomic E-state index is -0.917. The topological polar surface area (TPSA) is 102 Å². The van der Waals surface area contributed by atoms with Crippen molar-refractivity contribution in [1.82, 2.24) is 5.32 Å². The molecule has 0 bridgehead atoms. The minimum absolute atomic E-state index is 0.0927. The normalized spacial score (nSPS) is 23.5. The lowest BCUT2D eigenvalue weighted by atomic mass is 9.94. The van der Waals surface area contributed by atoms with Gasteiger partial charge in [0.05, 0.1) is 19.3 Å². The Bertz CT molecular complexity index is 316. The summed E-state index contributed by atoms with van der Waals surface area (Å²) in [5.41, 5.74) is 5.57. The molecule has 3 unspecified atom stereocenters. The first-order chi connectivity index (χ1) is 9.58. The Balaban J connectivity index is 2.33. The number of hydrogen-bond acceptors (Lipinski definition) is 4. The number of hydrogen-bond donors (Lipinski definition) is 3. The van der Waals surface area contributed by atoms with E-state index in [0.29, 0.717) is 18.9 Å². The highest BCUT2D eigenvalue weighted by Crippen LogP contribution is 2.18. The standard InChI is InChI=1S/C14H26N2O4/c1-2-3-10(6-7-15)4-5-13(17)16-12-9-20-8-11(12)14(18)19/h10-12H,2-9,15H2,1H3,(H,16,17)(H,18,19). The molecule has 20 heavy (non-hydrogen) atoms. The summed E-state index contributed by atoms with van der Waals surface area (Å²) in [5, 5.41) is 11.8. The number of nitrogens with one attached hydrogen (secondary N) is 1. The third kappa shape index (κ3) is 5.46. The summed E-state index contributed by atoms with van der Waals surface area (Å²) in [6.07, 6.45) is 4.33. The first-order valence-electron chi connectivity index (χ1n) is 7.38. The van der Waals surface area contributed by atoms with E-state index in [1.54, 1.807) is 0 Å². The number of carbonyl (C=O) groups is 2. The average molecular weight is 286 g/mol. The second-order valence-electron chi connectivity index (χ2n) is 5.43. The smallest absolute Gasteiger partial charge is 0.311 e. The van der Waals surface area contributed by atoms with Gasteiger partial charge in [-0.25, -0.2) is 0 Å². The third-order valence-electron chi connectivity index (χ3n) is 3.80.